The molecule has 0 radical (unpaired) electrons. The Hall–Kier alpha value is -2.24. The second-order valence-corrected chi connectivity index (χ2v) is 7.88. The Morgan fingerprint density at radius 3 is 2.85 bits per heavy atom. The predicted molar refractivity (Wildman–Crippen MR) is 101 cm³/mol. The van der Waals surface area contributed by atoms with Crippen LogP contribution in [0.5, 0.6) is 11.5 Å². The first kappa shape index (κ1) is 19.5. The molecule has 1 amide bonds. The topological polar surface area (TPSA) is 65.1 Å². The average molecular weight is 375 g/mol. The van der Waals surface area contributed by atoms with E-state index in [1.165, 1.54) is 0 Å². The highest BCUT2D eigenvalue weighted by molar-refractivity contribution is 5.81. The lowest BCUT2D eigenvalue weighted by atomic mass is 10.00. The van der Waals surface area contributed by atoms with Crippen molar-refractivity contribution in [2.24, 2.45) is 0 Å². The Labute approximate surface area is 160 Å². The smallest absolute Gasteiger partial charge is 0.344 e. The Balaban J connectivity index is 1.48. The third-order valence-electron chi connectivity index (χ3n) is 5.18. The molecular weight excluding hydrogens is 346 g/mol. The van der Waals surface area contributed by atoms with Crippen molar-refractivity contribution in [3.8, 4) is 11.5 Å². The summed E-state index contributed by atoms with van der Waals surface area (Å²) >= 11 is 0. The zero-order valence-electron chi connectivity index (χ0n) is 16.5. The number of carbonyl (C=O) groups excluding carboxylic acids is 2. The monoisotopic (exact) mass is 375 g/mol. The summed E-state index contributed by atoms with van der Waals surface area (Å²) in [7, 11) is 0. The molecule has 0 N–H and O–H groups in total. The number of hydrogen-bond donors (Lipinski definition) is 0. The molecular formula is C21H29NO5. The third kappa shape index (κ3) is 4.73. The summed E-state index contributed by atoms with van der Waals surface area (Å²) in [5.41, 5.74) is 0.788. The fourth-order valence-electron chi connectivity index (χ4n) is 3.86. The number of amides is 1. The molecule has 1 aromatic rings. The molecule has 148 valence electrons. The summed E-state index contributed by atoms with van der Waals surface area (Å²) in [5.74, 6) is 0.540. The van der Waals surface area contributed by atoms with E-state index in [1.807, 2.05) is 30.9 Å². The molecule has 2 aliphatic rings. The summed E-state index contributed by atoms with van der Waals surface area (Å²) in [4.78, 5) is 26.2. The van der Waals surface area contributed by atoms with E-state index in [9.17, 15) is 9.59 Å². The standard InChI is InChI=1S/C21H29NO5/c1-4-16-9-5-6-11-22(16)18(23)13-26-19(24)14-25-17-10-7-8-15-12-21(2,3)27-20(15)17/h7-8,10,16H,4-6,9,11-14H2,1-3H3. The van der Waals surface area contributed by atoms with E-state index in [0.29, 0.717) is 11.5 Å². The lowest BCUT2D eigenvalue weighted by molar-refractivity contribution is -0.155. The largest absolute Gasteiger partial charge is 0.483 e. The van der Waals surface area contributed by atoms with Crippen molar-refractivity contribution in [3.05, 3.63) is 23.8 Å². The summed E-state index contributed by atoms with van der Waals surface area (Å²) in [6, 6.07) is 5.91. The highest BCUT2D eigenvalue weighted by Gasteiger charge is 2.32. The van der Waals surface area contributed by atoms with Crippen LogP contribution in [0.3, 0.4) is 0 Å². The Bertz CT molecular complexity index is 700. The number of nitrogens with zero attached hydrogens (tertiary/aromatic N) is 1. The van der Waals surface area contributed by atoms with Crippen molar-refractivity contribution in [3.63, 3.8) is 0 Å². The molecule has 1 fully saturated rings. The van der Waals surface area contributed by atoms with Gasteiger partial charge in [-0.1, -0.05) is 19.1 Å². The number of carbonyl (C=O) groups is 2. The molecule has 1 atom stereocenters. The van der Waals surface area contributed by atoms with Crippen LogP contribution in [-0.4, -0.2) is 48.2 Å². The van der Waals surface area contributed by atoms with Gasteiger partial charge in [-0.15, -0.1) is 0 Å². The molecule has 6 heteroatoms. The molecule has 0 bridgehead atoms. The second kappa shape index (κ2) is 8.19. The third-order valence-corrected chi connectivity index (χ3v) is 5.18. The van der Waals surface area contributed by atoms with E-state index in [4.69, 9.17) is 14.2 Å². The van der Waals surface area contributed by atoms with Crippen molar-refractivity contribution >= 4 is 11.9 Å². The van der Waals surface area contributed by atoms with Crippen LogP contribution in [0.15, 0.2) is 18.2 Å². The summed E-state index contributed by atoms with van der Waals surface area (Å²) in [6.45, 7) is 6.38. The van der Waals surface area contributed by atoms with Gasteiger partial charge >= 0.3 is 5.97 Å². The number of esters is 1. The Morgan fingerprint density at radius 2 is 2.07 bits per heavy atom. The highest BCUT2D eigenvalue weighted by atomic mass is 16.6. The molecule has 1 unspecified atom stereocenters. The predicted octanol–water partition coefficient (Wildman–Crippen LogP) is 3.11. The summed E-state index contributed by atoms with van der Waals surface area (Å²) in [5, 5.41) is 0. The molecule has 3 rings (SSSR count). The van der Waals surface area contributed by atoms with E-state index < -0.39 is 5.97 Å². The average Bonchev–Trinajstić information content (AvgIpc) is 2.98. The number of piperidine rings is 1. The summed E-state index contributed by atoms with van der Waals surface area (Å²) in [6.07, 6.45) is 4.91. The minimum Gasteiger partial charge on any atom is -0.483 e. The van der Waals surface area contributed by atoms with Crippen molar-refractivity contribution < 1.29 is 23.8 Å². The SMILES string of the molecule is CCC1CCCCN1C(=O)COC(=O)COc1cccc2c1OC(C)(C)C2. The van der Waals surface area contributed by atoms with Gasteiger partial charge < -0.3 is 19.1 Å². The first-order valence-electron chi connectivity index (χ1n) is 9.78. The Morgan fingerprint density at radius 1 is 1.26 bits per heavy atom. The van der Waals surface area contributed by atoms with Crippen LogP contribution in [0.25, 0.3) is 0 Å². The normalized spacial score (nSPS) is 20.6. The van der Waals surface area contributed by atoms with Crippen molar-refractivity contribution in [2.75, 3.05) is 19.8 Å². The maximum absolute atomic E-state index is 12.4. The number of rotatable bonds is 6. The van der Waals surface area contributed by atoms with Gasteiger partial charge in [-0.2, -0.15) is 0 Å². The zero-order chi connectivity index (χ0) is 19.4. The van der Waals surface area contributed by atoms with Gasteiger partial charge in [0.1, 0.15) is 5.60 Å². The van der Waals surface area contributed by atoms with E-state index in [1.54, 1.807) is 6.07 Å². The maximum Gasteiger partial charge on any atom is 0.344 e. The van der Waals surface area contributed by atoms with Crippen LogP contribution in [0, 0.1) is 0 Å². The Kier molecular flexibility index (Phi) is 5.92. The van der Waals surface area contributed by atoms with Gasteiger partial charge in [0.25, 0.3) is 5.91 Å². The molecule has 2 heterocycles. The molecule has 0 spiro atoms. The van der Waals surface area contributed by atoms with Crippen molar-refractivity contribution in [1.82, 2.24) is 4.90 Å². The van der Waals surface area contributed by atoms with Crippen LogP contribution < -0.4 is 9.47 Å². The van der Waals surface area contributed by atoms with Crippen LogP contribution in [-0.2, 0) is 20.7 Å². The van der Waals surface area contributed by atoms with E-state index in [-0.39, 0.29) is 30.8 Å². The number of ether oxygens (including phenoxy) is 3. The minimum atomic E-state index is -0.553. The van der Waals surface area contributed by atoms with Crippen molar-refractivity contribution in [1.29, 1.82) is 0 Å². The quantitative estimate of drug-likeness (QED) is 0.715. The molecule has 0 saturated carbocycles. The molecule has 27 heavy (non-hydrogen) atoms. The number of para-hydroxylation sites is 1. The minimum absolute atomic E-state index is 0.124. The lowest BCUT2D eigenvalue weighted by Crippen LogP contribution is -2.45. The molecule has 0 aliphatic carbocycles. The van der Waals surface area contributed by atoms with Crippen LogP contribution >= 0.6 is 0 Å². The number of likely N-dealkylation sites (tertiary alicyclic amines) is 1. The lowest BCUT2D eigenvalue weighted by Gasteiger charge is -2.35. The number of benzene rings is 1. The van der Waals surface area contributed by atoms with Gasteiger partial charge in [0.05, 0.1) is 0 Å². The zero-order valence-corrected chi connectivity index (χ0v) is 16.5. The van der Waals surface area contributed by atoms with Gasteiger partial charge in [0, 0.05) is 24.6 Å². The van der Waals surface area contributed by atoms with Crippen LogP contribution in [0.4, 0.5) is 0 Å². The second-order valence-electron chi connectivity index (χ2n) is 7.88. The molecule has 2 aliphatic heterocycles. The van der Waals surface area contributed by atoms with E-state index in [2.05, 4.69) is 6.92 Å². The van der Waals surface area contributed by atoms with Gasteiger partial charge in [-0.25, -0.2) is 4.79 Å². The molecule has 0 aromatic heterocycles. The van der Waals surface area contributed by atoms with Crippen LogP contribution in [0.2, 0.25) is 0 Å². The van der Waals surface area contributed by atoms with Gasteiger partial charge in [0.2, 0.25) is 0 Å². The van der Waals surface area contributed by atoms with Crippen molar-refractivity contribution in [2.45, 2.75) is 64.5 Å². The fraction of sp³-hybridized carbons (Fsp3) is 0.619. The van der Waals surface area contributed by atoms with E-state index >= 15 is 0 Å². The highest BCUT2D eigenvalue weighted by Crippen LogP contribution is 2.41. The van der Waals surface area contributed by atoms with E-state index in [0.717, 1.165) is 44.2 Å². The van der Waals surface area contributed by atoms with Crippen LogP contribution in [0.1, 0.15) is 52.0 Å². The van der Waals surface area contributed by atoms with Gasteiger partial charge in [0.15, 0.2) is 24.7 Å². The maximum atomic E-state index is 12.4. The number of fused-ring (bicyclic) bond motifs is 1. The molecule has 1 saturated heterocycles. The van der Waals surface area contributed by atoms with Gasteiger partial charge in [-0.05, 0) is 45.6 Å². The molecule has 1 aromatic carbocycles. The fourth-order valence-corrected chi connectivity index (χ4v) is 3.86. The first-order valence-corrected chi connectivity index (χ1v) is 9.78. The summed E-state index contributed by atoms with van der Waals surface area (Å²) < 4.78 is 16.7. The number of hydrogen-bond acceptors (Lipinski definition) is 5. The first-order chi connectivity index (χ1) is 12.9. The van der Waals surface area contributed by atoms with Gasteiger partial charge in [-0.3, -0.25) is 4.79 Å². The molecule has 6 nitrogen and oxygen atoms in total.